The molecule has 0 aliphatic carbocycles. The van der Waals surface area contributed by atoms with Gasteiger partial charge in [-0.15, -0.1) is 0 Å². The van der Waals surface area contributed by atoms with Crippen LogP contribution in [0.25, 0.3) is 0 Å². The molecule has 1 unspecified atom stereocenters. The molecule has 108 valence electrons. The van der Waals surface area contributed by atoms with Crippen LogP contribution in [0.1, 0.15) is 46.1 Å². The minimum absolute atomic E-state index is 0.250. The van der Waals surface area contributed by atoms with E-state index in [0.717, 1.165) is 31.4 Å². The summed E-state index contributed by atoms with van der Waals surface area (Å²) in [7, 11) is 0. The zero-order chi connectivity index (χ0) is 14.5. The van der Waals surface area contributed by atoms with Crippen molar-refractivity contribution in [2.24, 2.45) is 5.41 Å². The topological polar surface area (TPSA) is 12.0 Å². The number of hydrogen-bond acceptors (Lipinski definition) is 1. The average Bonchev–Trinajstić information content (AvgIpc) is 2.32. The van der Waals surface area contributed by atoms with Crippen LogP contribution in [0.15, 0.2) is 18.2 Å². The van der Waals surface area contributed by atoms with Gasteiger partial charge in [0.2, 0.25) is 0 Å². The summed E-state index contributed by atoms with van der Waals surface area (Å²) < 4.78 is 0. The van der Waals surface area contributed by atoms with Crippen molar-refractivity contribution in [3.8, 4) is 0 Å². The quantitative estimate of drug-likeness (QED) is 0.748. The molecule has 0 aromatic heterocycles. The van der Waals surface area contributed by atoms with Gasteiger partial charge in [-0.25, -0.2) is 0 Å². The van der Waals surface area contributed by atoms with E-state index in [9.17, 15) is 0 Å². The summed E-state index contributed by atoms with van der Waals surface area (Å²) in [5.74, 6) is 0. The van der Waals surface area contributed by atoms with Crippen LogP contribution in [0, 0.1) is 5.41 Å². The van der Waals surface area contributed by atoms with Crippen molar-refractivity contribution >= 4 is 23.2 Å². The van der Waals surface area contributed by atoms with E-state index in [0.29, 0.717) is 16.1 Å². The highest BCUT2D eigenvalue weighted by Crippen LogP contribution is 2.29. The summed E-state index contributed by atoms with van der Waals surface area (Å²) in [6, 6.07) is 6.36. The molecule has 1 aromatic rings. The molecule has 1 rings (SSSR count). The summed E-state index contributed by atoms with van der Waals surface area (Å²) in [5.41, 5.74) is 1.39. The molecule has 1 atom stereocenters. The molecular weight excluding hydrogens is 277 g/mol. The third-order valence-corrected chi connectivity index (χ3v) is 4.28. The number of benzene rings is 1. The first-order valence-electron chi connectivity index (χ1n) is 7.02. The van der Waals surface area contributed by atoms with Crippen molar-refractivity contribution in [2.45, 2.75) is 53.0 Å². The van der Waals surface area contributed by atoms with Crippen LogP contribution in [-0.2, 0) is 6.42 Å². The minimum atomic E-state index is 0.250. The molecule has 0 spiro atoms. The fraction of sp³-hybridized carbons (Fsp3) is 0.625. The second kappa shape index (κ2) is 7.52. The molecule has 0 saturated heterocycles. The first kappa shape index (κ1) is 16.8. The minimum Gasteiger partial charge on any atom is -0.313 e. The number of nitrogens with one attached hydrogen (secondary N) is 1. The van der Waals surface area contributed by atoms with E-state index in [1.54, 1.807) is 0 Å². The summed E-state index contributed by atoms with van der Waals surface area (Å²) in [6.07, 6.45) is 3.19. The normalized spacial score (nSPS) is 13.6. The lowest BCUT2D eigenvalue weighted by atomic mass is 9.83. The standard InChI is InChI=1S/C16H25Cl2N/c1-5-11-19-14(16(2,3)4)10-9-12-7-6-8-13(17)15(12)18/h6-8,14,19H,5,9-11H2,1-4H3. The monoisotopic (exact) mass is 301 g/mol. The Balaban J connectivity index is 2.68. The van der Waals surface area contributed by atoms with Crippen molar-refractivity contribution in [2.75, 3.05) is 6.54 Å². The van der Waals surface area contributed by atoms with E-state index in [-0.39, 0.29) is 5.41 Å². The fourth-order valence-corrected chi connectivity index (χ4v) is 2.62. The summed E-state index contributed by atoms with van der Waals surface area (Å²) in [4.78, 5) is 0. The van der Waals surface area contributed by atoms with Gasteiger partial charge >= 0.3 is 0 Å². The van der Waals surface area contributed by atoms with Crippen LogP contribution in [-0.4, -0.2) is 12.6 Å². The number of rotatable bonds is 6. The van der Waals surface area contributed by atoms with E-state index >= 15 is 0 Å². The van der Waals surface area contributed by atoms with Gasteiger partial charge in [0.25, 0.3) is 0 Å². The van der Waals surface area contributed by atoms with Crippen LogP contribution in [0.2, 0.25) is 10.0 Å². The van der Waals surface area contributed by atoms with Gasteiger partial charge in [-0.2, -0.15) is 0 Å². The van der Waals surface area contributed by atoms with Crippen molar-refractivity contribution < 1.29 is 0 Å². The highest BCUT2D eigenvalue weighted by molar-refractivity contribution is 6.42. The van der Waals surface area contributed by atoms with Crippen molar-refractivity contribution in [3.63, 3.8) is 0 Å². The van der Waals surface area contributed by atoms with Gasteiger partial charge in [0.05, 0.1) is 10.0 Å². The average molecular weight is 302 g/mol. The zero-order valence-electron chi connectivity index (χ0n) is 12.4. The van der Waals surface area contributed by atoms with Gasteiger partial charge in [0.15, 0.2) is 0 Å². The smallest absolute Gasteiger partial charge is 0.0624 e. The lowest BCUT2D eigenvalue weighted by Gasteiger charge is -2.32. The molecule has 0 fully saturated rings. The maximum absolute atomic E-state index is 6.24. The number of hydrogen-bond donors (Lipinski definition) is 1. The summed E-state index contributed by atoms with van der Waals surface area (Å²) in [6.45, 7) is 10.1. The Labute approximate surface area is 127 Å². The van der Waals surface area contributed by atoms with Crippen LogP contribution < -0.4 is 5.32 Å². The molecule has 1 N–H and O–H groups in total. The van der Waals surface area contributed by atoms with E-state index in [4.69, 9.17) is 23.2 Å². The molecule has 3 heteroatoms. The highest BCUT2D eigenvalue weighted by Gasteiger charge is 2.23. The third-order valence-electron chi connectivity index (χ3n) is 3.42. The van der Waals surface area contributed by atoms with E-state index in [1.165, 1.54) is 0 Å². The Morgan fingerprint density at radius 3 is 2.47 bits per heavy atom. The summed E-state index contributed by atoms with van der Waals surface area (Å²) >= 11 is 12.3. The summed E-state index contributed by atoms with van der Waals surface area (Å²) in [5, 5.41) is 4.99. The lowest BCUT2D eigenvalue weighted by molar-refractivity contribution is 0.255. The van der Waals surface area contributed by atoms with Gasteiger partial charge in [-0.05, 0) is 42.9 Å². The SMILES string of the molecule is CCCNC(CCc1cccc(Cl)c1Cl)C(C)(C)C. The Morgan fingerprint density at radius 1 is 1.21 bits per heavy atom. The van der Waals surface area contributed by atoms with Gasteiger partial charge in [0, 0.05) is 6.04 Å². The van der Waals surface area contributed by atoms with Gasteiger partial charge in [-0.1, -0.05) is 63.0 Å². The highest BCUT2D eigenvalue weighted by atomic mass is 35.5. The molecule has 0 aliphatic rings. The maximum atomic E-state index is 6.24. The lowest BCUT2D eigenvalue weighted by Crippen LogP contribution is -2.41. The molecule has 0 bridgehead atoms. The predicted octanol–water partition coefficient (Wildman–Crippen LogP) is 5.34. The van der Waals surface area contributed by atoms with Gasteiger partial charge < -0.3 is 5.32 Å². The van der Waals surface area contributed by atoms with E-state index < -0.39 is 0 Å². The van der Waals surface area contributed by atoms with Crippen LogP contribution in [0.4, 0.5) is 0 Å². The second-order valence-electron chi connectivity index (χ2n) is 6.12. The first-order chi connectivity index (χ1) is 8.86. The molecule has 0 heterocycles. The molecular formula is C16H25Cl2N. The van der Waals surface area contributed by atoms with Gasteiger partial charge in [0.1, 0.15) is 0 Å². The molecule has 0 amide bonds. The van der Waals surface area contributed by atoms with Crippen LogP contribution in [0.5, 0.6) is 0 Å². The largest absolute Gasteiger partial charge is 0.313 e. The Kier molecular flexibility index (Phi) is 6.65. The Bertz CT molecular complexity index is 396. The Morgan fingerprint density at radius 2 is 1.89 bits per heavy atom. The van der Waals surface area contributed by atoms with Crippen LogP contribution >= 0.6 is 23.2 Å². The second-order valence-corrected chi connectivity index (χ2v) is 6.91. The van der Waals surface area contributed by atoms with E-state index in [1.807, 2.05) is 12.1 Å². The zero-order valence-corrected chi connectivity index (χ0v) is 13.9. The van der Waals surface area contributed by atoms with Crippen molar-refractivity contribution in [1.82, 2.24) is 5.32 Å². The first-order valence-corrected chi connectivity index (χ1v) is 7.78. The molecule has 0 saturated carbocycles. The molecule has 19 heavy (non-hydrogen) atoms. The van der Waals surface area contributed by atoms with Crippen LogP contribution in [0.3, 0.4) is 0 Å². The predicted molar refractivity (Wildman–Crippen MR) is 86.3 cm³/mol. The Hall–Kier alpha value is -0.240. The molecule has 1 nitrogen and oxygen atoms in total. The number of halogens is 2. The fourth-order valence-electron chi connectivity index (χ4n) is 2.20. The molecule has 1 aromatic carbocycles. The maximum Gasteiger partial charge on any atom is 0.0624 e. The van der Waals surface area contributed by atoms with E-state index in [2.05, 4.69) is 39.1 Å². The van der Waals surface area contributed by atoms with Gasteiger partial charge in [-0.3, -0.25) is 0 Å². The van der Waals surface area contributed by atoms with Crippen molar-refractivity contribution in [3.05, 3.63) is 33.8 Å². The molecule has 0 aliphatic heterocycles. The molecule has 0 radical (unpaired) electrons. The van der Waals surface area contributed by atoms with Crippen molar-refractivity contribution in [1.29, 1.82) is 0 Å². The number of aryl methyl sites for hydroxylation is 1. The third kappa shape index (κ3) is 5.33.